The normalized spacial score (nSPS) is 12.4. The molecule has 5 heteroatoms. The van der Waals surface area contributed by atoms with Crippen LogP contribution in [0, 0.1) is 5.82 Å². The van der Waals surface area contributed by atoms with Crippen LogP contribution in [0.3, 0.4) is 0 Å². The molecule has 0 saturated heterocycles. The molecule has 1 unspecified atom stereocenters. The van der Waals surface area contributed by atoms with E-state index in [2.05, 4.69) is 38.1 Å². The van der Waals surface area contributed by atoms with E-state index < -0.39 is 0 Å². The first-order valence-corrected chi connectivity index (χ1v) is 6.94. The third kappa shape index (κ3) is 3.81. The summed E-state index contributed by atoms with van der Waals surface area (Å²) < 4.78 is 14.3. The van der Waals surface area contributed by atoms with Crippen LogP contribution in [0.4, 0.5) is 4.39 Å². The lowest BCUT2D eigenvalue weighted by atomic mass is 10.0. The van der Waals surface area contributed by atoms with Gasteiger partial charge in [-0.3, -0.25) is 0 Å². The molecule has 1 atom stereocenters. The molecule has 0 radical (unpaired) electrons. The third-order valence-corrected chi connectivity index (χ3v) is 3.19. The van der Waals surface area contributed by atoms with Crippen molar-refractivity contribution in [2.24, 2.45) is 0 Å². The standard InChI is InChI=1S/C14H15BrFN3/c1-2-3-19-14(11-7-17-9-18-8-11)10-4-12(15)6-13(16)5-10/h4-9,14,19H,2-3H2,1H3. The van der Waals surface area contributed by atoms with Gasteiger partial charge in [-0.05, 0) is 36.7 Å². The highest BCUT2D eigenvalue weighted by atomic mass is 79.9. The Balaban J connectivity index is 2.36. The molecule has 19 heavy (non-hydrogen) atoms. The van der Waals surface area contributed by atoms with Crippen LogP contribution in [0.1, 0.15) is 30.5 Å². The fourth-order valence-corrected chi connectivity index (χ4v) is 2.40. The van der Waals surface area contributed by atoms with Gasteiger partial charge in [-0.2, -0.15) is 0 Å². The average molecular weight is 324 g/mol. The fourth-order valence-electron chi connectivity index (χ4n) is 1.92. The maximum Gasteiger partial charge on any atom is 0.124 e. The van der Waals surface area contributed by atoms with E-state index in [0.29, 0.717) is 0 Å². The SMILES string of the molecule is CCCNC(c1cncnc1)c1cc(F)cc(Br)c1. The number of aromatic nitrogens is 2. The minimum atomic E-state index is -0.260. The molecule has 0 aliphatic carbocycles. The largest absolute Gasteiger partial charge is 0.306 e. The zero-order valence-electron chi connectivity index (χ0n) is 10.6. The van der Waals surface area contributed by atoms with Crippen LogP contribution in [0.25, 0.3) is 0 Å². The van der Waals surface area contributed by atoms with Gasteiger partial charge in [0.15, 0.2) is 0 Å². The van der Waals surface area contributed by atoms with Gasteiger partial charge in [-0.25, -0.2) is 14.4 Å². The van der Waals surface area contributed by atoms with Crippen molar-refractivity contribution in [3.63, 3.8) is 0 Å². The highest BCUT2D eigenvalue weighted by Gasteiger charge is 2.15. The Morgan fingerprint density at radius 1 is 1.21 bits per heavy atom. The van der Waals surface area contributed by atoms with E-state index in [-0.39, 0.29) is 11.9 Å². The molecule has 0 saturated carbocycles. The smallest absolute Gasteiger partial charge is 0.124 e. The Labute approximate surface area is 120 Å². The summed E-state index contributed by atoms with van der Waals surface area (Å²) in [5, 5.41) is 3.39. The Kier molecular flexibility index (Phi) is 4.99. The van der Waals surface area contributed by atoms with Crippen LogP contribution >= 0.6 is 15.9 Å². The van der Waals surface area contributed by atoms with E-state index in [4.69, 9.17) is 0 Å². The minimum Gasteiger partial charge on any atom is -0.306 e. The number of hydrogen-bond acceptors (Lipinski definition) is 3. The van der Waals surface area contributed by atoms with E-state index in [1.165, 1.54) is 18.5 Å². The summed E-state index contributed by atoms with van der Waals surface area (Å²) in [6, 6.07) is 4.78. The van der Waals surface area contributed by atoms with Gasteiger partial charge in [0.25, 0.3) is 0 Å². The van der Waals surface area contributed by atoms with Crippen molar-refractivity contribution in [3.8, 4) is 0 Å². The number of rotatable bonds is 5. The van der Waals surface area contributed by atoms with Gasteiger partial charge in [0.05, 0.1) is 6.04 Å². The van der Waals surface area contributed by atoms with Gasteiger partial charge >= 0.3 is 0 Å². The monoisotopic (exact) mass is 323 g/mol. The molecule has 3 nitrogen and oxygen atoms in total. The van der Waals surface area contributed by atoms with Crippen LogP contribution in [-0.4, -0.2) is 16.5 Å². The molecule has 0 amide bonds. The lowest BCUT2D eigenvalue weighted by Crippen LogP contribution is -2.23. The number of hydrogen-bond donors (Lipinski definition) is 1. The van der Waals surface area contributed by atoms with Gasteiger partial charge in [0, 0.05) is 22.4 Å². The molecule has 0 aliphatic heterocycles. The Morgan fingerprint density at radius 3 is 2.58 bits per heavy atom. The fraction of sp³-hybridized carbons (Fsp3) is 0.286. The topological polar surface area (TPSA) is 37.8 Å². The summed E-state index contributed by atoms with van der Waals surface area (Å²) in [6.07, 6.45) is 5.99. The first-order chi connectivity index (χ1) is 9.20. The Morgan fingerprint density at radius 2 is 1.95 bits per heavy atom. The molecule has 2 rings (SSSR count). The molecule has 0 fully saturated rings. The van der Waals surface area contributed by atoms with Crippen molar-refractivity contribution in [1.82, 2.24) is 15.3 Å². The molecule has 1 N–H and O–H groups in total. The van der Waals surface area contributed by atoms with E-state index in [9.17, 15) is 4.39 Å². The van der Waals surface area contributed by atoms with Crippen LogP contribution < -0.4 is 5.32 Å². The first kappa shape index (κ1) is 14.1. The summed E-state index contributed by atoms with van der Waals surface area (Å²) in [5.74, 6) is -0.260. The van der Waals surface area contributed by atoms with Gasteiger partial charge in [-0.15, -0.1) is 0 Å². The van der Waals surface area contributed by atoms with Crippen molar-refractivity contribution in [1.29, 1.82) is 0 Å². The number of nitrogens with one attached hydrogen (secondary N) is 1. The van der Waals surface area contributed by atoms with Gasteiger partial charge in [0.2, 0.25) is 0 Å². The Hall–Kier alpha value is -1.33. The quantitative estimate of drug-likeness (QED) is 0.915. The van der Waals surface area contributed by atoms with E-state index in [0.717, 1.165) is 28.6 Å². The molecule has 100 valence electrons. The number of nitrogens with zero attached hydrogens (tertiary/aromatic N) is 2. The van der Waals surface area contributed by atoms with E-state index in [1.807, 2.05) is 6.07 Å². The molecule has 1 heterocycles. The lowest BCUT2D eigenvalue weighted by Gasteiger charge is -2.19. The maximum absolute atomic E-state index is 13.5. The van der Waals surface area contributed by atoms with E-state index in [1.54, 1.807) is 12.4 Å². The molecule has 1 aromatic heterocycles. The highest BCUT2D eigenvalue weighted by molar-refractivity contribution is 9.10. The highest BCUT2D eigenvalue weighted by Crippen LogP contribution is 2.25. The molecule has 0 bridgehead atoms. The zero-order chi connectivity index (χ0) is 13.7. The second-order valence-corrected chi connectivity index (χ2v) is 5.18. The summed E-state index contributed by atoms with van der Waals surface area (Å²) >= 11 is 3.32. The molecule has 0 aliphatic rings. The average Bonchev–Trinajstić information content (AvgIpc) is 2.39. The molecule has 2 aromatic rings. The second kappa shape index (κ2) is 6.73. The lowest BCUT2D eigenvalue weighted by molar-refractivity contribution is 0.582. The summed E-state index contributed by atoms with van der Waals surface area (Å²) in [7, 11) is 0. The molecule has 0 spiro atoms. The predicted octanol–water partition coefficient (Wildman–Crippen LogP) is 3.47. The van der Waals surface area contributed by atoms with Crippen LogP contribution in [0.2, 0.25) is 0 Å². The van der Waals surface area contributed by atoms with Crippen molar-refractivity contribution < 1.29 is 4.39 Å². The van der Waals surface area contributed by atoms with Crippen molar-refractivity contribution in [2.45, 2.75) is 19.4 Å². The van der Waals surface area contributed by atoms with Crippen molar-refractivity contribution in [3.05, 3.63) is 58.3 Å². The molecular formula is C14H15BrFN3. The summed E-state index contributed by atoms with van der Waals surface area (Å²) in [5.41, 5.74) is 1.78. The molecule has 1 aromatic carbocycles. The maximum atomic E-state index is 13.5. The van der Waals surface area contributed by atoms with Crippen LogP contribution in [-0.2, 0) is 0 Å². The number of halogens is 2. The van der Waals surface area contributed by atoms with Gasteiger partial charge in [0.1, 0.15) is 12.1 Å². The third-order valence-electron chi connectivity index (χ3n) is 2.73. The molecular weight excluding hydrogens is 309 g/mol. The van der Waals surface area contributed by atoms with Crippen LogP contribution in [0.15, 0.2) is 41.4 Å². The minimum absolute atomic E-state index is 0.104. The predicted molar refractivity (Wildman–Crippen MR) is 76.3 cm³/mol. The van der Waals surface area contributed by atoms with Gasteiger partial charge in [-0.1, -0.05) is 22.9 Å². The van der Waals surface area contributed by atoms with Crippen LogP contribution in [0.5, 0.6) is 0 Å². The summed E-state index contributed by atoms with van der Waals surface area (Å²) in [4.78, 5) is 8.05. The first-order valence-electron chi connectivity index (χ1n) is 6.15. The van der Waals surface area contributed by atoms with E-state index >= 15 is 0 Å². The zero-order valence-corrected chi connectivity index (χ0v) is 12.2. The second-order valence-electron chi connectivity index (χ2n) is 4.26. The number of benzene rings is 1. The Bertz CT molecular complexity index is 513. The van der Waals surface area contributed by atoms with Gasteiger partial charge < -0.3 is 5.32 Å². The van der Waals surface area contributed by atoms with Crippen molar-refractivity contribution in [2.75, 3.05) is 6.54 Å². The summed E-state index contributed by atoms with van der Waals surface area (Å²) in [6.45, 7) is 2.93. The van der Waals surface area contributed by atoms with Crippen molar-refractivity contribution >= 4 is 15.9 Å².